The molecule has 2 nitrogen and oxygen atoms in total. The second-order valence-corrected chi connectivity index (χ2v) is 6.25. The molecule has 2 aliphatic rings. The molecule has 3 rings (SSSR count). The smallest absolute Gasteiger partial charge is 0.0860 e. The highest BCUT2D eigenvalue weighted by Gasteiger charge is 2.33. The van der Waals surface area contributed by atoms with Crippen molar-refractivity contribution in [2.24, 2.45) is 0 Å². The lowest BCUT2D eigenvalue weighted by Gasteiger charge is -2.32. The molecule has 2 heteroatoms. The van der Waals surface area contributed by atoms with Gasteiger partial charge in [0.25, 0.3) is 0 Å². The fourth-order valence-electron chi connectivity index (χ4n) is 3.56. The minimum atomic E-state index is -0.744. The Labute approximate surface area is 110 Å². The van der Waals surface area contributed by atoms with Crippen LogP contribution in [0, 0.1) is 0 Å². The van der Waals surface area contributed by atoms with Gasteiger partial charge in [-0.05, 0) is 38.7 Å². The summed E-state index contributed by atoms with van der Waals surface area (Å²) in [5.74, 6) is 0. The second kappa shape index (κ2) is 4.27. The van der Waals surface area contributed by atoms with Gasteiger partial charge in [0.1, 0.15) is 0 Å². The summed E-state index contributed by atoms with van der Waals surface area (Å²) in [5.41, 5.74) is 3.11. The summed E-state index contributed by atoms with van der Waals surface area (Å²) in [4.78, 5) is 2.57. The molecule has 1 aromatic carbocycles. The van der Waals surface area contributed by atoms with Gasteiger partial charge >= 0.3 is 0 Å². The predicted molar refractivity (Wildman–Crippen MR) is 75.0 cm³/mol. The van der Waals surface area contributed by atoms with Crippen molar-refractivity contribution in [2.75, 3.05) is 11.4 Å². The maximum atomic E-state index is 10.4. The fraction of sp³-hybridized carbons (Fsp3) is 0.625. The Kier molecular flexibility index (Phi) is 2.86. The average Bonchev–Trinajstić information content (AvgIpc) is 2.95. The molecular formula is C16H23NO. The van der Waals surface area contributed by atoms with E-state index in [2.05, 4.69) is 23.1 Å². The van der Waals surface area contributed by atoms with Gasteiger partial charge in [-0.15, -0.1) is 0 Å². The number of nitrogens with zero attached hydrogens (tertiary/aromatic N) is 1. The topological polar surface area (TPSA) is 23.5 Å². The zero-order valence-electron chi connectivity index (χ0n) is 11.4. The van der Waals surface area contributed by atoms with E-state index in [0.717, 1.165) is 18.5 Å². The van der Waals surface area contributed by atoms with Gasteiger partial charge in [-0.25, -0.2) is 0 Å². The van der Waals surface area contributed by atoms with E-state index in [1.807, 2.05) is 13.8 Å². The zero-order chi connectivity index (χ0) is 12.8. The molecule has 0 aromatic heterocycles. The molecule has 0 amide bonds. The van der Waals surface area contributed by atoms with Crippen LogP contribution in [0.25, 0.3) is 0 Å². The van der Waals surface area contributed by atoms with E-state index in [1.54, 1.807) is 0 Å². The van der Waals surface area contributed by atoms with Gasteiger partial charge in [-0.3, -0.25) is 0 Å². The maximum absolute atomic E-state index is 10.4. The molecule has 0 bridgehead atoms. The minimum absolute atomic E-state index is 0.703. The number of hydrogen-bond donors (Lipinski definition) is 1. The van der Waals surface area contributed by atoms with Gasteiger partial charge in [-0.2, -0.15) is 0 Å². The van der Waals surface area contributed by atoms with Crippen molar-refractivity contribution >= 4 is 5.69 Å². The summed E-state index contributed by atoms with van der Waals surface area (Å²) in [6.07, 6.45) is 6.50. The molecule has 98 valence electrons. The Balaban J connectivity index is 2.03. The molecule has 1 saturated carbocycles. The first-order chi connectivity index (χ1) is 8.57. The number of fused-ring (bicyclic) bond motifs is 1. The Morgan fingerprint density at radius 1 is 1.22 bits per heavy atom. The Morgan fingerprint density at radius 2 is 1.94 bits per heavy atom. The fourth-order valence-corrected chi connectivity index (χ4v) is 3.56. The molecule has 18 heavy (non-hydrogen) atoms. The van der Waals surface area contributed by atoms with Crippen LogP contribution in [0.1, 0.15) is 50.7 Å². The van der Waals surface area contributed by atoms with E-state index >= 15 is 0 Å². The van der Waals surface area contributed by atoms with Crippen molar-refractivity contribution in [3.05, 3.63) is 29.3 Å². The summed E-state index contributed by atoms with van der Waals surface area (Å²) < 4.78 is 0. The van der Waals surface area contributed by atoms with Crippen molar-refractivity contribution < 1.29 is 5.11 Å². The highest BCUT2D eigenvalue weighted by Crippen LogP contribution is 2.41. The quantitative estimate of drug-likeness (QED) is 0.864. The minimum Gasteiger partial charge on any atom is -0.386 e. The highest BCUT2D eigenvalue weighted by molar-refractivity contribution is 5.65. The Bertz CT molecular complexity index is 441. The molecule has 1 N–H and O–H groups in total. The molecule has 1 aliphatic heterocycles. The molecule has 1 aliphatic carbocycles. The second-order valence-electron chi connectivity index (χ2n) is 6.25. The lowest BCUT2D eigenvalue weighted by molar-refractivity contribution is 0.0790. The Morgan fingerprint density at radius 3 is 2.61 bits per heavy atom. The lowest BCUT2D eigenvalue weighted by atomic mass is 9.93. The standard InChI is InChI=1S/C16H23NO/c1-16(2,18)14-9-5-6-12-10-11-17(15(12)14)13-7-3-4-8-13/h5-6,9,13,18H,3-4,7-8,10-11H2,1-2H3. The molecule has 0 atom stereocenters. The van der Waals surface area contributed by atoms with Crippen LogP contribution in [0.4, 0.5) is 5.69 Å². The van der Waals surface area contributed by atoms with Crippen LogP contribution in [0.15, 0.2) is 18.2 Å². The number of para-hydroxylation sites is 1. The predicted octanol–water partition coefficient (Wildman–Crippen LogP) is 3.22. The first-order valence-electron chi connectivity index (χ1n) is 7.19. The third-order valence-electron chi connectivity index (χ3n) is 4.45. The molecular weight excluding hydrogens is 222 g/mol. The monoisotopic (exact) mass is 245 g/mol. The first-order valence-corrected chi connectivity index (χ1v) is 7.19. The number of rotatable bonds is 2. The summed E-state index contributed by atoms with van der Waals surface area (Å²) in [7, 11) is 0. The van der Waals surface area contributed by atoms with E-state index in [-0.39, 0.29) is 0 Å². The maximum Gasteiger partial charge on any atom is 0.0860 e. The number of aliphatic hydroxyl groups is 1. The van der Waals surface area contributed by atoms with Crippen molar-refractivity contribution in [3.8, 4) is 0 Å². The van der Waals surface area contributed by atoms with Gasteiger partial charge in [0.2, 0.25) is 0 Å². The summed E-state index contributed by atoms with van der Waals surface area (Å²) >= 11 is 0. The van der Waals surface area contributed by atoms with Crippen molar-refractivity contribution in [1.29, 1.82) is 0 Å². The van der Waals surface area contributed by atoms with Crippen molar-refractivity contribution in [2.45, 2.75) is 57.6 Å². The van der Waals surface area contributed by atoms with Crippen molar-refractivity contribution in [1.82, 2.24) is 0 Å². The van der Waals surface area contributed by atoms with Gasteiger partial charge < -0.3 is 10.0 Å². The van der Waals surface area contributed by atoms with E-state index in [1.165, 1.54) is 36.9 Å². The van der Waals surface area contributed by atoms with Crippen LogP contribution in [-0.4, -0.2) is 17.7 Å². The van der Waals surface area contributed by atoms with Crippen LogP contribution in [0.2, 0.25) is 0 Å². The largest absolute Gasteiger partial charge is 0.386 e. The third-order valence-corrected chi connectivity index (χ3v) is 4.45. The van der Waals surface area contributed by atoms with E-state index in [4.69, 9.17) is 0 Å². The molecule has 1 heterocycles. The number of benzene rings is 1. The Hall–Kier alpha value is -1.02. The average molecular weight is 245 g/mol. The SMILES string of the molecule is CC(C)(O)c1cccc2c1N(C1CCCC1)CC2. The third kappa shape index (κ3) is 1.93. The summed E-state index contributed by atoms with van der Waals surface area (Å²) in [6, 6.07) is 7.10. The van der Waals surface area contributed by atoms with Crippen LogP contribution < -0.4 is 4.90 Å². The molecule has 1 fully saturated rings. The lowest BCUT2D eigenvalue weighted by Crippen LogP contribution is -2.33. The van der Waals surface area contributed by atoms with Crippen LogP contribution >= 0.6 is 0 Å². The van der Waals surface area contributed by atoms with Gasteiger partial charge in [0.15, 0.2) is 0 Å². The van der Waals surface area contributed by atoms with Crippen LogP contribution in [-0.2, 0) is 12.0 Å². The molecule has 1 aromatic rings. The van der Waals surface area contributed by atoms with Crippen molar-refractivity contribution in [3.63, 3.8) is 0 Å². The zero-order valence-corrected chi connectivity index (χ0v) is 11.4. The normalized spacial score (nSPS) is 20.5. The first kappa shape index (κ1) is 12.0. The molecule has 0 unspecified atom stereocenters. The van der Waals surface area contributed by atoms with E-state index in [0.29, 0.717) is 6.04 Å². The van der Waals surface area contributed by atoms with E-state index in [9.17, 15) is 5.11 Å². The number of hydrogen-bond acceptors (Lipinski definition) is 2. The highest BCUT2D eigenvalue weighted by atomic mass is 16.3. The molecule has 0 spiro atoms. The van der Waals surface area contributed by atoms with Gasteiger partial charge in [0, 0.05) is 23.8 Å². The van der Waals surface area contributed by atoms with Crippen LogP contribution in [0.5, 0.6) is 0 Å². The number of anilines is 1. The molecule has 0 saturated heterocycles. The van der Waals surface area contributed by atoms with Crippen LogP contribution in [0.3, 0.4) is 0 Å². The van der Waals surface area contributed by atoms with Gasteiger partial charge in [0.05, 0.1) is 5.60 Å². The molecule has 0 radical (unpaired) electrons. The summed E-state index contributed by atoms with van der Waals surface area (Å²) in [5, 5.41) is 10.4. The van der Waals surface area contributed by atoms with Gasteiger partial charge in [-0.1, -0.05) is 31.0 Å². The van der Waals surface area contributed by atoms with E-state index < -0.39 is 5.60 Å². The summed E-state index contributed by atoms with van der Waals surface area (Å²) in [6.45, 7) is 4.93.